The van der Waals surface area contributed by atoms with Gasteiger partial charge in [0.15, 0.2) is 0 Å². The normalized spacial score (nSPS) is 14.2. The Balaban J connectivity index is 1.77. The number of hydrogen-bond donors (Lipinski definition) is 0. The van der Waals surface area contributed by atoms with Crippen LogP contribution in [-0.2, 0) is 4.79 Å². The smallest absolute Gasteiger partial charge is 0.272 e. The lowest BCUT2D eigenvalue weighted by molar-refractivity contribution is -0.130. The van der Waals surface area contributed by atoms with Crippen molar-refractivity contribution in [2.75, 3.05) is 37.6 Å². The van der Waals surface area contributed by atoms with Crippen LogP contribution in [0, 0.1) is 0 Å². The van der Waals surface area contributed by atoms with Crippen LogP contribution in [0.3, 0.4) is 0 Å². The van der Waals surface area contributed by atoms with Gasteiger partial charge in [-0.1, -0.05) is 18.2 Å². The van der Waals surface area contributed by atoms with Crippen molar-refractivity contribution in [3.05, 3.63) is 48.3 Å². The zero-order valence-corrected chi connectivity index (χ0v) is 15.1. The van der Waals surface area contributed by atoms with E-state index in [4.69, 9.17) is 0 Å². The number of benzene rings is 1. The zero-order chi connectivity index (χ0) is 18.5. The first-order valence-corrected chi connectivity index (χ1v) is 8.80. The Bertz CT molecular complexity index is 773. The van der Waals surface area contributed by atoms with Crippen LogP contribution in [0.15, 0.2) is 42.6 Å². The predicted octanol–water partition coefficient (Wildman–Crippen LogP) is 1.94. The molecule has 0 unspecified atom stereocenters. The summed E-state index contributed by atoms with van der Waals surface area (Å²) in [5, 5.41) is 0. The lowest BCUT2D eigenvalue weighted by Crippen LogP contribution is -2.50. The third-order valence-electron chi connectivity index (χ3n) is 4.50. The van der Waals surface area contributed by atoms with Crippen LogP contribution in [0.5, 0.6) is 0 Å². The van der Waals surface area contributed by atoms with Gasteiger partial charge in [0.1, 0.15) is 5.69 Å². The molecule has 2 amide bonds. The molecule has 3 rings (SSSR count). The summed E-state index contributed by atoms with van der Waals surface area (Å²) in [7, 11) is 0. The van der Waals surface area contributed by atoms with E-state index in [9.17, 15) is 9.59 Å². The van der Waals surface area contributed by atoms with Crippen LogP contribution < -0.4 is 4.90 Å². The Morgan fingerprint density at radius 3 is 2.31 bits per heavy atom. The summed E-state index contributed by atoms with van der Waals surface area (Å²) in [6, 6.07) is 11.5. The van der Waals surface area contributed by atoms with Gasteiger partial charge < -0.3 is 14.7 Å². The molecule has 0 spiro atoms. The monoisotopic (exact) mass is 353 g/mol. The lowest BCUT2D eigenvalue weighted by Gasteiger charge is -2.34. The van der Waals surface area contributed by atoms with Gasteiger partial charge in [0.2, 0.25) is 11.9 Å². The molecule has 1 fully saturated rings. The number of amides is 2. The van der Waals surface area contributed by atoms with Gasteiger partial charge in [0.05, 0.1) is 0 Å². The molecule has 26 heavy (non-hydrogen) atoms. The second-order valence-electron chi connectivity index (χ2n) is 6.12. The molecule has 1 aromatic heterocycles. The molecule has 0 saturated carbocycles. The van der Waals surface area contributed by atoms with E-state index in [-0.39, 0.29) is 11.8 Å². The highest BCUT2D eigenvalue weighted by Crippen LogP contribution is 2.21. The van der Waals surface area contributed by atoms with Crippen molar-refractivity contribution in [1.29, 1.82) is 0 Å². The standard InChI is InChI=1S/C19H23N5O2/c1-3-24(16-7-5-4-6-8-16)19-20-10-9-17(21-19)18(26)23-13-11-22(12-14-23)15(2)25/h4-10H,3,11-14H2,1-2H3. The molecule has 0 aliphatic carbocycles. The topological polar surface area (TPSA) is 69.6 Å². The number of carbonyl (C=O) groups is 2. The molecule has 1 saturated heterocycles. The van der Waals surface area contributed by atoms with Gasteiger partial charge in [0.25, 0.3) is 5.91 Å². The van der Waals surface area contributed by atoms with E-state index >= 15 is 0 Å². The van der Waals surface area contributed by atoms with Gasteiger partial charge in [-0.05, 0) is 25.1 Å². The summed E-state index contributed by atoms with van der Waals surface area (Å²) in [4.78, 5) is 38.5. The van der Waals surface area contributed by atoms with E-state index in [2.05, 4.69) is 9.97 Å². The number of piperazine rings is 1. The average molecular weight is 353 g/mol. The van der Waals surface area contributed by atoms with Crippen LogP contribution in [0.25, 0.3) is 0 Å². The number of para-hydroxylation sites is 1. The maximum Gasteiger partial charge on any atom is 0.272 e. The maximum absolute atomic E-state index is 12.8. The molecule has 0 atom stereocenters. The van der Waals surface area contributed by atoms with Gasteiger partial charge in [-0.2, -0.15) is 0 Å². The number of anilines is 2. The van der Waals surface area contributed by atoms with E-state index in [1.54, 1.807) is 29.0 Å². The number of rotatable bonds is 4. The molecule has 7 heteroatoms. The Morgan fingerprint density at radius 1 is 1.04 bits per heavy atom. The number of nitrogens with zero attached hydrogens (tertiary/aromatic N) is 5. The zero-order valence-electron chi connectivity index (χ0n) is 15.1. The Morgan fingerprint density at radius 2 is 1.69 bits per heavy atom. The van der Waals surface area contributed by atoms with Gasteiger partial charge in [-0.25, -0.2) is 9.97 Å². The Kier molecular flexibility index (Phi) is 5.46. The molecule has 1 aliphatic rings. The highest BCUT2D eigenvalue weighted by Gasteiger charge is 2.24. The van der Waals surface area contributed by atoms with Gasteiger partial charge >= 0.3 is 0 Å². The van der Waals surface area contributed by atoms with E-state index in [0.717, 1.165) is 5.69 Å². The first kappa shape index (κ1) is 17.8. The highest BCUT2D eigenvalue weighted by molar-refractivity contribution is 5.92. The molecule has 1 aromatic carbocycles. The molecule has 136 valence electrons. The Hall–Kier alpha value is -2.96. The van der Waals surface area contributed by atoms with E-state index in [0.29, 0.717) is 44.4 Å². The van der Waals surface area contributed by atoms with Crippen molar-refractivity contribution >= 4 is 23.5 Å². The first-order valence-electron chi connectivity index (χ1n) is 8.80. The van der Waals surface area contributed by atoms with Gasteiger partial charge in [-0.3, -0.25) is 9.59 Å². The molecule has 1 aliphatic heterocycles. The minimum Gasteiger partial charge on any atom is -0.339 e. The molecule has 0 bridgehead atoms. The molecule has 7 nitrogen and oxygen atoms in total. The SMILES string of the molecule is CCN(c1ccccc1)c1nccc(C(=O)N2CCN(C(C)=O)CC2)n1. The largest absolute Gasteiger partial charge is 0.339 e. The van der Waals surface area contributed by atoms with Crippen molar-refractivity contribution in [2.24, 2.45) is 0 Å². The first-order chi connectivity index (χ1) is 12.6. The quantitative estimate of drug-likeness (QED) is 0.840. The summed E-state index contributed by atoms with van der Waals surface area (Å²) in [6.45, 7) is 6.43. The van der Waals surface area contributed by atoms with Crippen molar-refractivity contribution in [3.63, 3.8) is 0 Å². The number of aromatic nitrogens is 2. The molecular formula is C19H23N5O2. The van der Waals surface area contributed by atoms with Crippen molar-refractivity contribution in [3.8, 4) is 0 Å². The maximum atomic E-state index is 12.8. The summed E-state index contributed by atoms with van der Waals surface area (Å²) in [6.07, 6.45) is 1.62. The summed E-state index contributed by atoms with van der Waals surface area (Å²) < 4.78 is 0. The third kappa shape index (κ3) is 3.82. The summed E-state index contributed by atoms with van der Waals surface area (Å²) in [5.41, 5.74) is 1.36. The fourth-order valence-corrected chi connectivity index (χ4v) is 3.03. The van der Waals surface area contributed by atoms with E-state index in [1.807, 2.05) is 42.2 Å². The molecule has 2 heterocycles. The van der Waals surface area contributed by atoms with Crippen molar-refractivity contribution in [1.82, 2.24) is 19.8 Å². The highest BCUT2D eigenvalue weighted by atomic mass is 16.2. The van der Waals surface area contributed by atoms with Crippen molar-refractivity contribution in [2.45, 2.75) is 13.8 Å². The Labute approximate surface area is 153 Å². The number of carbonyl (C=O) groups excluding carboxylic acids is 2. The molecule has 0 N–H and O–H groups in total. The number of hydrogen-bond acceptors (Lipinski definition) is 5. The predicted molar refractivity (Wildman–Crippen MR) is 99.3 cm³/mol. The molecular weight excluding hydrogens is 330 g/mol. The minimum atomic E-state index is -0.124. The second kappa shape index (κ2) is 7.95. The molecule has 0 radical (unpaired) electrons. The third-order valence-corrected chi connectivity index (χ3v) is 4.50. The molecule has 2 aromatic rings. The fourth-order valence-electron chi connectivity index (χ4n) is 3.03. The average Bonchev–Trinajstić information content (AvgIpc) is 2.69. The van der Waals surface area contributed by atoms with Gasteiger partial charge in [0, 0.05) is 51.5 Å². The second-order valence-corrected chi connectivity index (χ2v) is 6.12. The van der Waals surface area contributed by atoms with Crippen LogP contribution in [0.2, 0.25) is 0 Å². The summed E-state index contributed by atoms with van der Waals surface area (Å²) >= 11 is 0. The lowest BCUT2D eigenvalue weighted by atomic mass is 10.2. The minimum absolute atomic E-state index is 0.0443. The fraction of sp³-hybridized carbons (Fsp3) is 0.368. The van der Waals surface area contributed by atoms with Crippen LogP contribution in [0.4, 0.5) is 11.6 Å². The van der Waals surface area contributed by atoms with Crippen molar-refractivity contribution < 1.29 is 9.59 Å². The van der Waals surface area contributed by atoms with Crippen LogP contribution in [0.1, 0.15) is 24.3 Å². The summed E-state index contributed by atoms with van der Waals surface area (Å²) in [5.74, 6) is 0.427. The van der Waals surface area contributed by atoms with Gasteiger partial charge in [-0.15, -0.1) is 0 Å². The van der Waals surface area contributed by atoms with Crippen LogP contribution >= 0.6 is 0 Å². The van der Waals surface area contributed by atoms with Crippen LogP contribution in [-0.4, -0.2) is 64.3 Å². The van der Waals surface area contributed by atoms with E-state index in [1.165, 1.54) is 0 Å². The van der Waals surface area contributed by atoms with E-state index < -0.39 is 0 Å².